The van der Waals surface area contributed by atoms with Gasteiger partial charge >= 0.3 is 0 Å². The van der Waals surface area contributed by atoms with E-state index in [1.54, 1.807) is 6.08 Å². The summed E-state index contributed by atoms with van der Waals surface area (Å²) < 4.78 is 8.64. The van der Waals surface area contributed by atoms with Crippen LogP contribution in [0.2, 0.25) is 0 Å². The second-order valence-corrected chi connectivity index (χ2v) is 11.4. The second kappa shape index (κ2) is 10.8. The van der Waals surface area contributed by atoms with Crippen molar-refractivity contribution < 1.29 is 14.3 Å². The predicted octanol–water partition coefficient (Wildman–Crippen LogP) is 7.94. The number of carbonyl (C=O) groups excluding carboxylic acids is 2. The fraction of sp³-hybridized carbons (Fsp3) is 0.120. The number of benzene rings is 3. The number of amides is 2. The van der Waals surface area contributed by atoms with E-state index in [4.69, 9.17) is 4.74 Å². The maximum absolute atomic E-state index is 12.9. The van der Waals surface area contributed by atoms with Crippen LogP contribution in [0, 0.1) is 10.5 Å². The highest BCUT2D eigenvalue weighted by Crippen LogP contribution is 2.38. The molecule has 3 aromatic rings. The van der Waals surface area contributed by atoms with Crippen molar-refractivity contribution in [1.29, 1.82) is 0 Å². The normalized spacial score (nSPS) is 14.9. The Bertz CT molecular complexity index is 1240. The number of aryl methyl sites for hydroxylation is 1. The molecule has 1 aliphatic heterocycles. The molecule has 0 N–H and O–H groups in total. The Hall–Kier alpha value is -1.62. The van der Waals surface area contributed by atoms with Crippen LogP contribution in [-0.4, -0.2) is 16.0 Å². The van der Waals surface area contributed by atoms with E-state index >= 15 is 0 Å². The molecule has 0 atom stereocenters. The average Bonchev–Trinajstić information content (AvgIpc) is 3.02. The number of imide groups is 1. The SMILES string of the molecule is Cc1cccc(COc2c(Br)cc(/C=C3\SC(=O)N(Cc4ccc(I)cc4)C3=O)cc2Br)c1. The lowest BCUT2D eigenvalue weighted by Crippen LogP contribution is -2.27. The molecule has 0 unspecified atom stereocenters. The quantitative estimate of drug-likeness (QED) is 0.194. The first-order chi connectivity index (χ1) is 15.8. The Morgan fingerprint density at radius 1 is 1.00 bits per heavy atom. The van der Waals surface area contributed by atoms with Crippen LogP contribution in [0.15, 0.2) is 74.5 Å². The van der Waals surface area contributed by atoms with E-state index in [9.17, 15) is 9.59 Å². The minimum absolute atomic E-state index is 0.262. The van der Waals surface area contributed by atoms with Crippen molar-refractivity contribution in [1.82, 2.24) is 4.90 Å². The van der Waals surface area contributed by atoms with Gasteiger partial charge in [0.05, 0.1) is 20.4 Å². The zero-order valence-corrected chi connectivity index (χ0v) is 23.6. The van der Waals surface area contributed by atoms with Crippen LogP contribution in [0.5, 0.6) is 5.75 Å². The first-order valence-corrected chi connectivity index (χ1v) is 13.5. The van der Waals surface area contributed by atoms with E-state index in [0.717, 1.165) is 41.0 Å². The molecule has 3 aromatic carbocycles. The standard InChI is InChI=1S/C25H18Br2INO3S/c1-15-3-2-4-17(9-15)14-32-23-20(26)10-18(11-21(23)27)12-22-24(30)29(25(31)33-22)13-16-5-7-19(28)8-6-16/h2-12H,13-14H2,1H3/b22-12-. The number of halogens is 3. The van der Waals surface area contributed by atoms with Gasteiger partial charge in [0.15, 0.2) is 0 Å². The van der Waals surface area contributed by atoms with Crippen molar-refractivity contribution in [3.8, 4) is 5.75 Å². The molecule has 0 aromatic heterocycles. The summed E-state index contributed by atoms with van der Waals surface area (Å²) in [6.45, 7) is 2.75. The van der Waals surface area contributed by atoms with Gasteiger partial charge in [-0.25, -0.2) is 0 Å². The molecule has 1 heterocycles. The Labute approximate surface area is 227 Å². The first kappa shape index (κ1) is 24.5. The molecule has 33 heavy (non-hydrogen) atoms. The van der Waals surface area contributed by atoms with Gasteiger partial charge in [0.2, 0.25) is 0 Å². The summed E-state index contributed by atoms with van der Waals surface area (Å²) >= 11 is 10.3. The lowest BCUT2D eigenvalue weighted by molar-refractivity contribution is -0.123. The zero-order valence-electron chi connectivity index (χ0n) is 17.5. The van der Waals surface area contributed by atoms with Gasteiger partial charge in [0.25, 0.3) is 11.1 Å². The maximum Gasteiger partial charge on any atom is 0.293 e. The highest BCUT2D eigenvalue weighted by molar-refractivity contribution is 14.1. The first-order valence-electron chi connectivity index (χ1n) is 9.97. The molecule has 0 bridgehead atoms. The van der Waals surface area contributed by atoms with Crippen LogP contribution >= 0.6 is 66.2 Å². The van der Waals surface area contributed by atoms with E-state index in [0.29, 0.717) is 17.3 Å². The van der Waals surface area contributed by atoms with E-state index in [-0.39, 0.29) is 17.7 Å². The number of thioether (sulfide) groups is 1. The van der Waals surface area contributed by atoms with Gasteiger partial charge in [0.1, 0.15) is 12.4 Å². The lowest BCUT2D eigenvalue weighted by Gasteiger charge is -2.13. The van der Waals surface area contributed by atoms with Crippen LogP contribution in [0.1, 0.15) is 22.3 Å². The summed E-state index contributed by atoms with van der Waals surface area (Å²) in [5.74, 6) is 0.399. The summed E-state index contributed by atoms with van der Waals surface area (Å²) in [5.41, 5.74) is 3.97. The number of nitrogens with zero attached hydrogens (tertiary/aromatic N) is 1. The minimum Gasteiger partial charge on any atom is -0.487 e. The molecule has 0 radical (unpaired) electrons. The van der Waals surface area contributed by atoms with Gasteiger partial charge in [0, 0.05) is 3.57 Å². The highest BCUT2D eigenvalue weighted by Gasteiger charge is 2.35. The molecule has 1 aliphatic rings. The van der Waals surface area contributed by atoms with Gasteiger partial charge in [-0.3, -0.25) is 14.5 Å². The molecular weight excluding hydrogens is 681 g/mol. The molecule has 1 fully saturated rings. The number of carbonyl (C=O) groups is 2. The van der Waals surface area contributed by atoms with Crippen molar-refractivity contribution >= 4 is 83.4 Å². The third-order valence-corrected chi connectivity index (χ3v) is 7.72. The zero-order chi connectivity index (χ0) is 23.5. The van der Waals surface area contributed by atoms with Crippen molar-refractivity contribution in [2.45, 2.75) is 20.1 Å². The molecule has 0 spiro atoms. The van der Waals surface area contributed by atoms with Gasteiger partial charge in [-0.2, -0.15) is 0 Å². The third-order valence-electron chi connectivity index (χ3n) is 4.91. The van der Waals surface area contributed by atoms with Gasteiger partial charge in [-0.05, 0) is 120 Å². The largest absolute Gasteiger partial charge is 0.487 e. The van der Waals surface area contributed by atoms with Crippen molar-refractivity contribution in [2.75, 3.05) is 0 Å². The minimum atomic E-state index is -0.282. The molecule has 4 rings (SSSR count). The molecular formula is C25H18Br2INO3S. The molecule has 0 aliphatic carbocycles. The molecule has 1 saturated heterocycles. The predicted molar refractivity (Wildman–Crippen MR) is 148 cm³/mol. The van der Waals surface area contributed by atoms with Crippen LogP contribution in [0.4, 0.5) is 4.79 Å². The summed E-state index contributed by atoms with van der Waals surface area (Å²) in [5, 5.41) is -0.263. The monoisotopic (exact) mass is 697 g/mol. The molecule has 168 valence electrons. The number of hydrogen-bond donors (Lipinski definition) is 0. The van der Waals surface area contributed by atoms with Crippen molar-refractivity contribution in [2.24, 2.45) is 0 Å². The van der Waals surface area contributed by atoms with Gasteiger partial charge in [-0.15, -0.1) is 0 Å². The smallest absolute Gasteiger partial charge is 0.293 e. The van der Waals surface area contributed by atoms with E-state index < -0.39 is 0 Å². The Morgan fingerprint density at radius 2 is 1.70 bits per heavy atom. The van der Waals surface area contributed by atoms with Crippen LogP contribution in [0.3, 0.4) is 0 Å². The average molecular weight is 699 g/mol. The van der Waals surface area contributed by atoms with Crippen molar-refractivity contribution in [3.63, 3.8) is 0 Å². The maximum atomic E-state index is 12.9. The third kappa shape index (κ3) is 6.09. The topological polar surface area (TPSA) is 46.6 Å². The van der Waals surface area contributed by atoms with Crippen LogP contribution < -0.4 is 4.74 Å². The summed E-state index contributed by atoms with van der Waals surface area (Å²) in [6, 6.07) is 19.7. The van der Waals surface area contributed by atoms with Gasteiger partial charge < -0.3 is 4.74 Å². The van der Waals surface area contributed by atoms with E-state index in [1.807, 2.05) is 61.5 Å². The fourth-order valence-electron chi connectivity index (χ4n) is 3.32. The molecule has 4 nitrogen and oxygen atoms in total. The second-order valence-electron chi connectivity index (χ2n) is 7.49. The Balaban J connectivity index is 1.49. The van der Waals surface area contributed by atoms with Crippen LogP contribution in [-0.2, 0) is 17.9 Å². The van der Waals surface area contributed by atoms with E-state index in [2.05, 4.69) is 60.5 Å². The van der Waals surface area contributed by atoms with Gasteiger partial charge in [-0.1, -0.05) is 42.0 Å². The molecule has 2 amide bonds. The lowest BCUT2D eigenvalue weighted by atomic mass is 10.1. The number of hydrogen-bond acceptors (Lipinski definition) is 4. The summed E-state index contributed by atoms with van der Waals surface area (Å²) in [6.07, 6.45) is 1.73. The Kier molecular flexibility index (Phi) is 7.99. The Morgan fingerprint density at radius 3 is 2.36 bits per heavy atom. The van der Waals surface area contributed by atoms with Crippen molar-refractivity contribution in [3.05, 3.63) is 100 Å². The van der Waals surface area contributed by atoms with E-state index in [1.165, 1.54) is 10.5 Å². The fourth-order valence-corrected chi connectivity index (χ4v) is 5.97. The van der Waals surface area contributed by atoms with Crippen LogP contribution in [0.25, 0.3) is 6.08 Å². The summed E-state index contributed by atoms with van der Waals surface area (Å²) in [4.78, 5) is 27.0. The summed E-state index contributed by atoms with van der Waals surface area (Å²) in [7, 11) is 0. The highest BCUT2D eigenvalue weighted by atomic mass is 127. The molecule has 8 heteroatoms. The number of ether oxygens (including phenoxy) is 1. The molecule has 0 saturated carbocycles. The number of rotatable bonds is 6.